The Labute approximate surface area is 168 Å². The molecule has 0 radical (unpaired) electrons. The zero-order valence-electron chi connectivity index (χ0n) is 15.9. The average Bonchev–Trinajstić information content (AvgIpc) is 3.19. The van der Waals surface area contributed by atoms with E-state index in [2.05, 4.69) is 21.2 Å². The van der Waals surface area contributed by atoms with Gasteiger partial charge in [0.2, 0.25) is 0 Å². The van der Waals surface area contributed by atoms with Gasteiger partial charge in [-0.05, 0) is 53.1 Å². The van der Waals surface area contributed by atoms with Crippen LogP contribution in [0.2, 0.25) is 0 Å². The standard InChI is InChI=1S/C24H19N3O2/c1-29-24(28)20-10-6-17(7-11-20)4-5-18-8-12-22-21(15-18)23(27-26-22)13-9-19-3-2-14-25-16-19/h2-16H,1H3,(H,26,27)/b5-4+,13-9+. The van der Waals surface area contributed by atoms with Crippen LogP contribution in [-0.2, 0) is 4.74 Å². The zero-order chi connectivity index (χ0) is 20.1. The van der Waals surface area contributed by atoms with Gasteiger partial charge in [-0.15, -0.1) is 0 Å². The van der Waals surface area contributed by atoms with E-state index < -0.39 is 0 Å². The minimum Gasteiger partial charge on any atom is -0.465 e. The fourth-order valence-corrected chi connectivity index (χ4v) is 2.97. The molecule has 0 saturated heterocycles. The summed E-state index contributed by atoms with van der Waals surface area (Å²) in [6.45, 7) is 0. The second kappa shape index (κ2) is 8.35. The number of fused-ring (bicyclic) bond motifs is 1. The number of H-pyrrole nitrogens is 1. The molecule has 0 saturated carbocycles. The summed E-state index contributed by atoms with van der Waals surface area (Å²) in [6.07, 6.45) is 11.6. The van der Waals surface area contributed by atoms with Crippen LogP contribution in [0.4, 0.5) is 0 Å². The summed E-state index contributed by atoms with van der Waals surface area (Å²) in [6, 6.07) is 17.3. The van der Waals surface area contributed by atoms with E-state index in [1.807, 2.05) is 66.9 Å². The number of rotatable bonds is 5. The molecule has 0 aliphatic heterocycles. The number of benzene rings is 2. The number of ether oxygens (including phenoxy) is 1. The number of methoxy groups -OCH3 is 1. The third-order valence-electron chi connectivity index (χ3n) is 4.53. The van der Waals surface area contributed by atoms with E-state index in [1.165, 1.54) is 7.11 Å². The second-order valence-electron chi connectivity index (χ2n) is 6.48. The summed E-state index contributed by atoms with van der Waals surface area (Å²) in [5.41, 5.74) is 5.48. The number of aromatic amines is 1. The summed E-state index contributed by atoms with van der Waals surface area (Å²) < 4.78 is 4.72. The summed E-state index contributed by atoms with van der Waals surface area (Å²) in [5, 5.41) is 8.52. The summed E-state index contributed by atoms with van der Waals surface area (Å²) >= 11 is 0. The molecule has 0 spiro atoms. The van der Waals surface area contributed by atoms with Gasteiger partial charge in [-0.1, -0.05) is 42.5 Å². The van der Waals surface area contributed by atoms with Crippen LogP contribution in [0, 0.1) is 0 Å². The van der Waals surface area contributed by atoms with Crippen LogP contribution >= 0.6 is 0 Å². The van der Waals surface area contributed by atoms with Crippen molar-refractivity contribution in [3.05, 3.63) is 94.9 Å². The molecule has 0 aliphatic rings. The second-order valence-corrected chi connectivity index (χ2v) is 6.48. The van der Waals surface area contributed by atoms with Gasteiger partial charge in [0, 0.05) is 17.8 Å². The van der Waals surface area contributed by atoms with Gasteiger partial charge in [0.25, 0.3) is 0 Å². The molecule has 0 bridgehead atoms. The third kappa shape index (κ3) is 4.30. The molecule has 4 aromatic rings. The van der Waals surface area contributed by atoms with E-state index in [-0.39, 0.29) is 5.97 Å². The highest BCUT2D eigenvalue weighted by Gasteiger charge is 2.04. The van der Waals surface area contributed by atoms with Crippen molar-refractivity contribution in [1.29, 1.82) is 0 Å². The highest BCUT2D eigenvalue weighted by Crippen LogP contribution is 2.21. The van der Waals surface area contributed by atoms with E-state index in [0.717, 1.165) is 33.3 Å². The van der Waals surface area contributed by atoms with Crippen molar-refractivity contribution < 1.29 is 9.53 Å². The normalized spacial score (nSPS) is 11.5. The van der Waals surface area contributed by atoms with Gasteiger partial charge < -0.3 is 4.74 Å². The number of esters is 1. The molecule has 0 unspecified atom stereocenters. The number of hydrogen-bond acceptors (Lipinski definition) is 4. The average molecular weight is 381 g/mol. The molecule has 2 aromatic carbocycles. The van der Waals surface area contributed by atoms with Gasteiger partial charge in [-0.25, -0.2) is 4.79 Å². The maximum absolute atomic E-state index is 11.5. The van der Waals surface area contributed by atoms with Crippen molar-refractivity contribution in [2.24, 2.45) is 0 Å². The number of nitrogens with zero attached hydrogens (tertiary/aromatic N) is 2. The molecule has 2 aromatic heterocycles. The lowest BCUT2D eigenvalue weighted by Crippen LogP contribution is -2.00. The predicted molar refractivity (Wildman–Crippen MR) is 116 cm³/mol. The van der Waals surface area contributed by atoms with Gasteiger partial charge in [0.15, 0.2) is 0 Å². The molecule has 29 heavy (non-hydrogen) atoms. The molecular weight excluding hydrogens is 362 g/mol. The molecular formula is C24H19N3O2. The Morgan fingerprint density at radius 1 is 0.931 bits per heavy atom. The first-order chi connectivity index (χ1) is 14.2. The molecule has 1 N–H and O–H groups in total. The molecule has 142 valence electrons. The SMILES string of the molecule is COC(=O)c1ccc(/C=C/c2ccc3[nH]nc(/C=C/c4cccnc4)c3c2)cc1. The third-order valence-corrected chi connectivity index (χ3v) is 4.53. The van der Waals surface area contributed by atoms with Crippen molar-refractivity contribution in [3.63, 3.8) is 0 Å². The van der Waals surface area contributed by atoms with Crippen molar-refractivity contribution in [1.82, 2.24) is 15.2 Å². The van der Waals surface area contributed by atoms with E-state index in [9.17, 15) is 4.79 Å². The maximum Gasteiger partial charge on any atom is 0.337 e. The number of hydrogen-bond donors (Lipinski definition) is 1. The lowest BCUT2D eigenvalue weighted by Gasteiger charge is -2.00. The van der Waals surface area contributed by atoms with Crippen molar-refractivity contribution >= 4 is 41.2 Å². The van der Waals surface area contributed by atoms with Crippen LogP contribution in [0.25, 0.3) is 35.2 Å². The largest absolute Gasteiger partial charge is 0.465 e. The summed E-state index contributed by atoms with van der Waals surface area (Å²) in [4.78, 5) is 15.6. The first-order valence-electron chi connectivity index (χ1n) is 9.15. The van der Waals surface area contributed by atoms with E-state index in [1.54, 1.807) is 18.3 Å². The first kappa shape index (κ1) is 18.4. The Morgan fingerprint density at radius 2 is 1.69 bits per heavy atom. The number of carbonyl (C=O) groups is 1. The minimum absolute atomic E-state index is 0.335. The van der Waals surface area contributed by atoms with Gasteiger partial charge in [-0.2, -0.15) is 5.10 Å². The number of carbonyl (C=O) groups excluding carboxylic acids is 1. The molecule has 0 aliphatic carbocycles. The van der Waals surface area contributed by atoms with Crippen LogP contribution in [0.15, 0.2) is 67.0 Å². The van der Waals surface area contributed by atoms with Gasteiger partial charge in [0.1, 0.15) is 0 Å². The van der Waals surface area contributed by atoms with E-state index >= 15 is 0 Å². The fraction of sp³-hybridized carbons (Fsp3) is 0.0417. The van der Waals surface area contributed by atoms with Gasteiger partial charge in [0.05, 0.1) is 23.9 Å². The van der Waals surface area contributed by atoms with Crippen molar-refractivity contribution in [3.8, 4) is 0 Å². The summed E-state index contributed by atoms with van der Waals surface area (Å²) in [7, 11) is 1.38. The minimum atomic E-state index is -0.335. The van der Waals surface area contributed by atoms with Crippen LogP contribution in [-0.4, -0.2) is 28.3 Å². The highest BCUT2D eigenvalue weighted by atomic mass is 16.5. The summed E-state index contributed by atoms with van der Waals surface area (Å²) in [5.74, 6) is -0.335. The fourth-order valence-electron chi connectivity index (χ4n) is 2.97. The predicted octanol–water partition coefficient (Wildman–Crippen LogP) is 5.09. The zero-order valence-corrected chi connectivity index (χ0v) is 15.9. The van der Waals surface area contributed by atoms with Crippen LogP contribution in [0.5, 0.6) is 0 Å². The van der Waals surface area contributed by atoms with E-state index in [0.29, 0.717) is 5.56 Å². The number of nitrogens with one attached hydrogen (secondary N) is 1. The Balaban J connectivity index is 1.56. The van der Waals surface area contributed by atoms with E-state index in [4.69, 9.17) is 4.74 Å². The molecule has 4 rings (SSSR count). The first-order valence-corrected chi connectivity index (χ1v) is 9.15. The molecule has 0 fully saturated rings. The molecule has 0 atom stereocenters. The van der Waals surface area contributed by atoms with Crippen LogP contribution < -0.4 is 0 Å². The molecule has 5 heteroatoms. The van der Waals surface area contributed by atoms with Crippen molar-refractivity contribution in [2.75, 3.05) is 7.11 Å². The smallest absolute Gasteiger partial charge is 0.337 e. The quantitative estimate of drug-likeness (QED) is 0.386. The highest BCUT2D eigenvalue weighted by molar-refractivity contribution is 5.92. The van der Waals surface area contributed by atoms with Crippen LogP contribution in [0.3, 0.4) is 0 Å². The van der Waals surface area contributed by atoms with Gasteiger partial charge in [-0.3, -0.25) is 10.1 Å². The lowest BCUT2D eigenvalue weighted by atomic mass is 10.1. The topological polar surface area (TPSA) is 67.9 Å². The molecule has 5 nitrogen and oxygen atoms in total. The Hall–Kier alpha value is -3.99. The Kier molecular flexibility index (Phi) is 5.29. The Bertz CT molecular complexity index is 1190. The molecule has 2 heterocycles. The maximum atomic E-state index is 11.5. The van der Waals surface area contributed by atoms with Crippen molar-refractivity contribution in [2.45, 2.75) is 0 Å². The number of aromatic nitrogens is 3. The monoisotopic (exact) mass is 381 g/mol. The lowest BCUT2D eigenvalue weighted by molar-refractivity contribution is 0.0600. The van der Waals surface area contributed by atoms with Gasteiger partial charge >= 0.3 is 5.97 Å². The molecule has 0 amide bonds. The Morgan fingerprint density at radius 3 is 2.45 bits per heavy atom. The number of pyridine rings is 1. The van der Waals surface area contributed by atoms with Crippen LogP contribution in [0.1, 0.15) is 32.7 Å².